The third-order valence-corrected chi connectivity index (χ3v) is 2.38. The van der Waals surface area contributed by atoms with Gasteiger partial charge in [0.1, 0.15) is 5.82 Å². The van der Waals surface area contributed by atoms with Crippen LogP contribution in [0, 0.1) is 5.82 Å². The highest BCUT2D eigenvalue weighted by molar-refractivity contribution is 6.05. The van der Waals surface area contributed by atoms with Crippen LogP contribution in [-0.2, 0) is 0 Å². The van der Waals surface area contributed by atoms with Crippen LogP contribution < -0.4 is 0 Å². The number of ketones is 1. The molecule has 0 amide bonds. The van der Waals surface area contributed by atoms with Crippen LogP contribution in [0.5, 0.6) is 0 Å². The third-order valence-electron chi connectivity index (χ3n) is 2.38. The molecule has 0 aliphatic rings. The molecule has 1 aromatic carbocycles. The summed E-state index contributed by atoms with van der Waals surface area (Å²) in [5.41, 5.74) is 1.19. The lowest BCUT2D eigenvalue weighted by Crippen LogP contribution is -1.99. The van der Waals surface area contributed by atoms with E-state index in [1.165, 1.54) is 12.1 Å². The van der Waals surface area contributed by atoms with Crippen LogP contribution in [-0.4, -0.2) is 5.78 Å². The van der Waals surface area contributed by atoms with Crippen LogP contribution in [0.15, 0.2) is 35.9 Å². The zero-order valence-electron chi connectivity index (χ0n) is 9.09. The van der Waals surface area contributed by atoms with E-state index < -0.39 is 5.82 Å². The molecule has 1 rings (SSSR count). The molecule has 0 aliphatic carbocycles. The fourth-order valence-electron chi connectivity index (χ4n) is 1.38. The van der Waals surface area contributed by atoms with Crippen LogP contribution >= 0.6 is 0 Å². The molecule has 0 saturated heterocycles. The van der Waals surface area contributed by atoms with E-state index in [2.05, 4.69) is 0 Å². The Hall–Kier alpha value is -1.44. The Kier molecular flexibility index (Phi) is 4.22. The topological polar surface area (TPSA) is 17.1 Å². The van der Waals surface area contributed by atoms with Gasteiger partial charge < -0.3 is 0 Å². The van der Waals surface area contributed by atoms with Crippen molar-refractivity contribution in [3.05, 3.63) is 47.3 Å². The van der Waals surface area contributed by atoms with E-state index in [1.54, 1.807) is 18.2 Å². The Bertz CT molecular complexity index is 374. The molecule has 0 saturated carbocycles. The van der Waals surface area contributed by atoms with Gasteiger partial charge in [-0.1, -0.05) is 31.6 Å². The van der Waals surface area contributed by atoms with Crippen LogP contribution in [0.3, 0.4) is 0 Å². The number of hydrogen-bond donors (Lipinski definition) is 0. The molecule has 15 heavy (non-hydrogen) atoms. The standard InChI is InChI=1S/C13H15FO/c1-3-10(4-2)9-13(15)11-7-5-6-8-12(11)14/h5-9H,3-4H2,1-2H3. The second-order valence-electron chi connectivity index (χ2n) is 3.35. The first-order valence-electron chi connectivity index (χ1n) is 5.17. The summed E-state index contributed by atoms with van der Waals surface area (Å²) in [7, 11) is 0. The van der Waals surface area contributed by atoms with Gasteiger partial charge in [-0.3, -0.25) is 4.79 Å². The van der Waals surface area contributed by atoms with Crippen molar-refractivity contribution in [3.63, 3.8) is 0 Å². The van der Waals surface area contributed by atoms with E-state index in [9.17, 15) is 9.18 Å². The maximum Gasteiger partial charge on any atom is 0.188 e. The predicted molar refractivity (Wildman–Crippen MR) is 59.4 cm³/mol. The molecule has 0 bridgehead atoms. The first kappa shape index (κ1) is 11.6. The van der Waals surface area contributed by atoms with E-state index in [1.807, 2.05) is 13.8 Å². The smallest absolute Gasteiger partial charge is 0.188 e. The predicted octanol–water partition coefficient (Wildman–Crippen LogP) is 3.75. The number of carbonyl (C=O) groups is 1. The van der Waals surface area contributed by atoms with Crippen LogP contribution in [0.4, 0.5) is 4.39 Å². The van der Waals surface area contributed by atoms with Crippen molar-refractivity contribution in [2.75, 3.05) is 0 Å². The average Bonchev–Trinajstić information content (AvgIpc) is 2.26. The molecular formula is C13H15FO. The minimum atomic E-state index is -0.453. The Labute approximate surface area is 89.6 Å². The maximum atomic E-state index is 13.2. The molecule has 2 heteroatoms. The van der Waals surface area contributed by atoms with Gasteiger partial charge in [-0.25, -0.2) is 4.39 Å². The second-order valence-corrected chi connectivity index (χ2v) is 3.35. The first-order valence-corrected chi connectivity index (χ1v) is 5.17. The molecule has 0 spiro atoms. The van der Waals surface area contributed by atoms with E-state index in [0.29, 0.717) is 0 Å². The lowest BCUT2D eigenvalue weighted by Gasteiger charge is -2.01. The normalized spacial score (nSPS) is 9.80. The Morgan fingerprint density at radius 1 is 1.27 bits per heavy atom. The number of allylic oxidation sites excluding steroid dienone is 2. The monoisotopic (exact) mass is 206 g/mol. The van der Waals surface area contributed by atoms with Crippen molar-refractivity contribution < 1.29 is 9.18 Å². The molecule has 1 nitrogen and oxygen atoms in total. The minimum absolute atomic E-state index is 0.150. The molecule has 0 heterocycles. The number of rotatable bonds is 4. The zero-order valence-corrected chi connectivity index (χ0v) is 9.09. The molecular weight excluding hydrogens is 191 g/mol. The summed E-state index contributed by atoms with van der Waals surface area (Å²) in [6, 6.07) is 6.06. The molecule has 0 N–H and O–H groups in total. The van der Waals surface area contributed by atoms with Crippen molar-refractivity contribution in [1.82, 2.24) is 0 Å². The lowest BCUT2D eigenvalue weighted by atomic mass is 10.0. The quantitative estimate of drug-likeness (QED) is 0.541. The van der Waals surface area contributed by atoms with Crippen LogP contribution in [0.1, 0.15) is 37.0 Å². The highest BCUT2D eigenvalue weighted by Gasteiger charge is 2.08. The summed E-state index contributed by atoms with van der Waals surface area (Å²) < 4.78 is 13.2. The summed E-state index contributed by atoms with van der Waals surface area (Å²) in [4.78, 5) is 11.7. The van der Waals surface area contributed by atoms with Crippen LogP contribution in [0.25, 0.3) is 0 Å². The van der Waals surface area contributed by atoms with Gasteiger partial charge in [-0.2, -0.15) is 0 Å². The van der Waals surface area contributed by atoms with E-state index in [4.69, 9.17) is 0 Å². The molecule has 0 unspecified atom stereocenters. The van der Waals surface area contributed by atoms with E-state index >= 15 is 0 Å². The molecule has 80 valence electrons. The van der Waals surface area contributed by atoms with Gasteiger partial charge >= 0.3 is 0 Å². The van der Waals surface area contributed by atoms with Gasteiger partial charge in [0.25, 0.3) is 0 Å². The largest absolute Gasteiger partial charge is 0.289 e. The number of benzene rings is 1. The fourth-order valence-corrected chi connectivity index (χ4v) is 1.38. The van der Waals surface area contributed by atoms with Crippen molar-refractivity contribution >= 4 is 5.78 Å². The summed E-state index contributed by atoms with van der Waals surface area (Å²) in [6.45, 7) is 3.98. The Morgan fingerprint density at radius 2 is 1.87 bits per heavy atom. The van der Waals surface area contributed by atoms with Gasteiger partial charge in [0.2, 0.25) is 0 Å². The average molecular weight is 206 g/mol. The molecule has 0 fully saturated rings. The zero-order chi connectivity index (χ0) is 11.3. The molecule has 0 aliphatic heterocycles. The Balaban J connectivity index is 2.95. The van der Waals surface area contributed by atoms with Gasteiger partial charge in [0.15, 0.2) is 5.78 Å². The summed E-state index contributed by atoms with van der Waals surface area (Å²) in [5.74, 6) is -0.697. The highest BCUT2D eigenvalue weighted by Crippen LogP contribution is 2.12. The second kappa shape index (κ2) is 5.44. The number of halogens is 1. The van der Waals surface area contributed by atoms with Crippen molar-refractivity contribution in [2.45, 2.75) is 26.7 Å². The summed E-state index contributed by atoms with van der Waals surface area (Å²) >= 11 is 0. The van der Waals surface area contributed by atoms with Crippen molar-refractivity contribution in [3.8, 4) is 0 Å². The van der Waals surface area contributed by atoms with Crippen molar-refractivity contribution in [1.29, 1.82) is 0 Å². The lowest BCUT2D eigenvalue weighted by molar-refractivity contribution is 0.104. The first-order chi connectivity index (χ1) is 7.19. The van der Waals surface area contributed by atoms with Gasteiger partial charge in [-0.05, 0) is 31.1 Å². The van der Waals surface area contributed by atoms with Crippen molar-refractivity contribution in [2.24, 2.45) is 0 Å². The minimum Gasteiger partial charge on any atom is -0.289 e. The van der Waals surface area contributed by atoms with Crippen LogP contribution in [0.2, 0.25) is 0 Å². The molecule has 1 aromatic rings. The molecule has 0 radical (unpaired) electrons. The Morgan fingerprint density at radius 3 is 2.40 bits per heavy atom. The molecule has 0 atom stereocenters. The third kappa shape index (κ3) is 3.01. The van der Waals surface area contributed by atoms with Gasteiger partial charge in [-0.15, -0.1) is 0 Å². The summed E-state index contributed by atoms with van der Waals surface area (Å²) in [5, 5.41) is 0. The fraction of sp³-hybridized carbons (Fsp3) is 0.308. The maximum absolute atomic E-state index is 13.2. The SMILES string of the molecule is CCC(=CC(=O)c1ccccc1F)CC. The van der Waals surface area contributed by atoms with E-state index in [0.717, 1.165) is 18.4 Å². The van der Waals surface area contributed by atoms with Gasteiger partial charge in [0, 0.05) is 0 Å². The highest BCUT2D eigenvalue weighted by atomic mass is 19.1. The number of carbonyl (C=O) groups excluding carboxylic acids is 1. The number of hydrogen-bond acceptors (Lipinski definition) is 1. The molecule has 0 aromatic heterocycles. The van der Waals surface area contributed by atoms with Gasteiger partial charge in [0.05, 0.1) is 5.56 Å². The summed E-state index contributed by atoms with van der Waals surface area (Å²) in [6.07, 6.45) is 3.20. The van der Waals surface area contributed by atoms with E-state index in [-0.39, 0.29) is 11.3 Å².